The van der Waals surface area contributed by atoms with E-state index >= 15 is 0 Å². The van der Waals surface area contributed by atoms with Crippen LogP contribution in [-0.2, 0) is 22.7 Å². The summed E-state index contributed by atoms with van der Waals surface area (Å²) in [5, 5.41) is 5.61. The van der Waals surface area contributed by atoms with E-state index in [1.54, 1.807) is 48.5 Å². The lowest BCUT2D eigenvalue weighted by molar-refractivity contribution is -0.137. The summed E-state index contributed by atoms with van der Waals surface area (Å²) in [5.41, 5.74) is 1.17. The minimum absolute atomic E-state index is 0.176. The van der Waals surface area contributed by atoms with Gasteiger partial charge in [-0.2, -0.15) is 13.2 Å². The van der Waals surface area contributed by atoms with Gasteiger partial charge in [0.1, 0.15) is 0 Å². The molecular weight excluding hydrogens is 443 g/mol. The van der Waals surface area contributed by atoms with E-state index in [0.717, 1.165) is 24.0 Å². The molecule has 3 aromatic rings. The number of halogens is 3. The molecule has 0 aromatic heterocycles. The Morgan fingerprint density at radius 2 is 1.59 bits per heavy atom. The van der Waals surface area contributed by atoms with E-state index in [1.165, 1.54) is 12.1 Å². The van der Waals surface area contributed by atoms with Crippen LogP contribution in [0, 0.1) is 0 Å². The summed E-state index contributed by atoms with van der Waals surface area (Å²) >= 11 is 0. The van der Waals surface area contributed by atoms with Crippen LogP contribution in [0.1, 0.15) is 21.5 Å². The third kappa shape index (κ3) is 6.48. The van der Waals surface area contributed by atoms with Gasteiger partial charge >= 0.3 is 6.18 Å². The number of nitrogens with one attached hydrogen (secondary N) is 3. The zero-order valence-electron chi connectivity index (χ0n) is 16.9. The Morgan fingerprint density at radius 3 is 2.25 bits per heavy atom. The van der Waals surface area contributed by atoms with Gasteiger partial charge in [-0.3, -0.25) is 9.52 Å². The molecule has 0 aliphatic rings. The zero-order chi connectivity index (χ0) is 23.4. The topological polar surface area (TPSA) is 87.3 Å². The van der Waals surface area contributed by atoms with Gasteiger partial charge in [-0.15, -0.1) is 0 Å². The minimum Gasteiger partial charge on any atom is -0.355 e. The standard InChI is InChI=1S/C22H20F3N3O3S/c1-32(30,31)28-17-11-9-15(10-12-17)14-26-21(29)19-7-2-3-8-20(19)27-18-6-4-5-16(13-18)22(23,24)25/h2-13,27-28H,14H2,1H3,(H,26,29). The Balaban J connectivity index is 1.70. The molecular formula is C22H20F3N3O3S. The van der Waals surface area contributed by atoms with Crippen molar-refractivity contribution >= 4 is 33.0 Å². The molecule has 3 rings (SSSR count). The van der Waals surface area contributed by atoms with Gasteiger partial charge in [0.2, 0.25) is 10.0 Å². The first-order valence-corrected chi connectivity index (χ1v) is 11.3. The highest BCUT2D eigenvalue weighted by molar-refractivity contribution is 7.92. The summed E-state index contributed by atoms with van der Waals surface area (Å²) in [5.74, 6) is -0.418. The fraction of sp³-hybridized carbons (Fsp3) is 0.136. The molecule has 0 atom stereocenters. The van der Waals surface area contributed by atoms with Crippen molar-refractivity contribution in [3.63, 3.8) is 0 Å². The molecule has 0 aliphatic carbocycles. The van der Waals surface area contributed by atoms with E-state index in [0.29, 0.717) is 11.4 Å². The average molecular weight is 463 g/mol. The van der Waals surface area contributed by atoms with Crippen LogP contribution >= 0.6 is 0 Å². The first-order valence-electron chi connectivity index (χ1n) is 9.39. The fourth-order valence-electron chi connectivity index (χ4n) is 2.90. The van der Waals surface area contributed by atoms with Crippen molar-refractivity contribution in [3.8, 4) is 0 Å². The summed E-state index contributed by atoms with van der Waals surface area (Å²) in [6.07, 6.45) is -3.42. The Kier molecular flexibility index (Phi) is 6.73. The lowest BCUT2D eigenvalue weighted by atomic mass is 10.1. The van der Waals surface area contributed by atoms with Gasteiger partial charge in [0, 0.05) is 17.9 Å². The molecule has 0 aliphatic heterocycles. The highest BCUT2D eigenvalue weighted by Gasteiger charge is 2.30. The van der Waals surface area contributed by atoms with Crippen LogP contribution in [-0.4, -0.2) is 20.6 Å². The first kappa shape index (κ1) is 23.1. The maximum Gasteiger partial charge on any atom is 0.416 e. The van der Waals surface area contributed by atoms with E-state index in [1.807, 2.05) is 0 Å². The molecule has 0 spiro atoms. The molecule has 0 heterocycles. The molecule has 0 fully saturated rings. The second kappa shape index (κ2) is 9.31. The number of anilines is 3. The largest absolute Gasteiger partial charge is 0.416 e. The van der Waals surface area contributed by atoms with Gasteiger partial charge in [-0.1, -0.05) is 30.3 Å². The lowest BCUT2D eigenvalue weighted by Gasteiger charge is -2.14. The van der Waals surface area contributed by atoms with Crippen LogP contribution in [0.15, 0.2) is 72.8 Å². The number of sulfonamides is 1. The molecule has 3 aromatic carbocycles. The number of amides is 1. The molecule has 3 N–H and O–H groups in total. The van der Waals surface area contributed by atoms with Gasteiger partial charge in [-0.25, -0.2) is 8.42 Å². The molecule has 0 saturated heterocycles. The Hall–Kier alpha value is -3.53. The fourth-order valence-corrected chi connectivity index (χ4v) is 3.47. The van der Waals surface area contributed by atoms with Gasteiger partial charge < -0.3 is 10.6 Å². The minimum atomic E-state index is -4.47. The van der Waals surface area contributed by atoms with Crippen molar-refractivity contribution in [2.75, 3.05) is 16.3 Å². The highest BCUT2D eigenvalue weighted by Crippen LogP contribution is 2.31. The van der Waals surface area contributed by atoms with Crippen molar-refractivity contribution in [3.05, 3.63) is 89.5 Å². The summed E-state index contributed by atoms with van der Waals surface area (Å²) < 4.78 is 63.7. The van der Waals surface area contributed by atoms with Crippen LogP contribution < -0.4 is 15.4 Å². The monoisotopic (exact) mass is 463 g/mol. The molecule has 168 valence electrons. The summed E-state index contributed by atoms with van der Waals surface area (Å²) in [7, 11) is -3.38. The number of benzene rings is 3. The maximum absolute atomic E-state index is 13.0. The molecule has 1 amide bonds. The molecule has 0 unspecified atom stereocenters. The first-order chi connectivity index (χ1) is 15.0. The Morgan fingerprint density at radius 1 is 0.906 bits per heavy atom. The normalized spacial score (nSPS) is 11.6. The van der Waals surface area contributed by atoms with Crippen molar-refractivity contribution < 1.29 is 26.4 Å². The van der Waals surface area contributed by atoms with Crippen LogP contribution in [0.4, 0.5) is 30.2 Å². The SMILES string of the molecule is CS(=O)(=O)Nc1ccc(CNC(=O)c2ccccc2Nc2cccc(C(F)(F)F)c2)cc1. The van der Waals surface area contributed by atoms with Crippen LogP contribution in [0.2, 0.25) is 0 Å². The highest BCUT2D eigenvalue weighted by atomic mass is 32.2. The number of carbonyl (C=O) groups is 1. The number of hydrogen-bond acceptors (Lipinski definition) is 4. The second-order valence-electron chi connectivity index (χ2n) is 7.00. The smallest absolute Gasteiger partial charge is 0.355 e. The van der Waals surface area contributed by atoms with Crippen LogP contribution in [0.3, 0.4) is 0 Å². The number of alkyl halides is 3. The summed E-state index contributed by atoms with van der Waals surface area (Å²) in [4.78, 5) is 12.7. The van der Waals surface area contributed by atoms with E-state index in [4.69, 9.17) is 0 Å². The van der Waals surface area contributed by atoms with Crippen molar-refractivity contribution in [1.29, 1.82) is 0 Å². The molecule has 32 heavy (non-hydrogen) atoms. The lowest BCUT2D eigenvalue weighted by Crippen LogP contribution is -2.23. The predicted octanol–water partition coefficient (Wildman–Crippen LogP) is 4.75. The van der Waals surface area contributed by atoms with Gasteiger partial charge in [0.25, 0.3) is 5.91 Å². The third-order valence-electron chi connectivity index (χ3n) is 4.35. The quantitative estimate of drug-likeness (QED) is 0.472. The summed E-state index contributed by atoms with van der Waals surface area (Å²) in [6, 6.07) is 17.7. The number of carbonyl (C=O) groups excluding carboxylic acids is 1. The maximum atomic E-state index is 13.0. The van der Waals surface area contributed by atoms with Crippen molar-refractivity contribution in [2.45, 2.75) is 12.7 Å². The Bertz CT molecular complexity index is 1210. The second-order valence-corrected chi connectivity index (χ2v) is 8.75. The zero-order valence-corrected chi connectivity index (χ0v) is 17.7. The van der Waals surface area contributed by atoms with Gasteiger partial charge in [0.05, 0.1) is 23.1 Å². The van der Waals surface area contributed by atoms with Crippen LogP contribution in [0.25, 0.3) is 0 Å². The van der Waals surface area contributed by atoms with E-state index in [9.17, 15) is 26.4 Å². The van der Waals surface area contributed by atoms with E-state index in [-0.39, 0.29) is 17.8 Å². The van der Waals surface area contributed by atoms with Crippen molar-refractivity contribution in [2.24, 2.45) is 0 Å². The number of para-hydroxylation sites is 1. The molecule has 6 nitrogen and oxygen atoms in total. The van der Waals surface area contributed by atoms with E-state index < -0.39 is 27.7 Å². The third-order valence-corrected chi connectivity index (χ3v) is 4.96. The average Bonchev–Trinajstić information content (AvgIpc) is 2.72. The Labute approximate surface area is 183 Å². The summed E-state index contributed by atoms with van der Waals surface area (Å²) in [6.45, 7) is 0.176. The predicted molar refractivity (Wildman–Crippen MR) is 117 cm³/mol. The molecule has 0 saturated carbocycles. The van der Waals surface area contributed by atoms with Gasteiger partial charge in [-0.05, 0) is 48.0 Å². The van der Waals surface area contributed by atoms with Crippen molar-refractivity contribution in [1.82, 2.24) is 5.32 Å². The molecule has 10 heteroatoms. The van der Waals surface area contributed by atoms with Gasteiger partial charge in [0.15, 0.2) is 0 Å². The number of hydrogen-bond donors (Lipinski definition) is 3. The van der Waals surface area contributed by atoms with Crippen LogP contribution in [0.5, 0.6) is 0 Å². The molecule has 0 radical (unpaired) electrons. The van der Waals surface area contributed by atoms with E-state index in [2.05, 4.69) is 15.4 Å². The molecule has 0 bridgehead atoms. The number of rotatable bonds is 7.